The van der Waals surface area contributed by atoms with E-state index in [0.717, 1.165) is 27.7 Å². The zero-order valence-electron chi connectivity index (χ0n) is 18.0. The molecule has 0 fully saturated rings. The predicted molar refractivity (Wildman–Crippen MR) is 129 cm³/mol. The van der Waals surface area contributed by atoms with Crippen LogP contribution in [0.25, 0.3) is 10.9 Å². The van der Waals surface area contributed by atoms with E-state index in [4.69, 9.17) is 4.74 Å². The van der Waals surface area contributed by atoms with Gasteiger partial charge in [0.15, 0.2) is 6.61 Å². The molecule has 2 N–H and O–H groups in total. The van der Waals surface area contributed by atoms with Crippen LogP contribution < -0.4 is 15.5 Å². The van der Waals surface area contributed by atoms with Gasteiger partial charge < -0.3 is 10.1 Å². The fraction of sp³-hybridized carbons (Fsp3) is 0.115. The number of amides is 1. The highest BCUT2D eigenvalue weighted by Gasteiger charge is 2.05. The van der Waals surface area contributed by atoms with E-state index in [1.165, 1.54) is 5.56 Å². The van der Waals surface area contributed by atoms with Gasteiger partial charge >= 0.3 is 0 Å². The molecule has 0 saturated heterocycles. The Kier molecular flexibility index (Phi) is 6.41. The summed E-state index contributed by atoms with van der Waals surface area (Å²) in [5, 5.41) is 8.18. The summed E-state index contributed by atoms with van der Waals surface area (Å²) in [6.07, 6.45) is 1.68. The molecular weight excluding hydrogens is 400 g/mol. The Morgan fingerprint density at radius 2 is 1.84 bits per heavy atom. The predicted octanol–water partition coefficient (Wildman–Crippen LogP) is 5.32. The van der Waals surface area contributed by atoms with Gasteiger partial charge in [0, 0.05) is 11.1 Å². The van der Waals surface area contributed by atoms with E-state index in [2.05, 4.69) is 20.8 Å². The number of fused-ring (bicyclic) bond motifs is 1. The molecule has 0 radical (unpaired) electrons. The molecule has 32 heavy (non-hydrogen) atoms. The molecule has 6 heteroatoms. The lowest BCUT2D eigenvalue weighted by Crippen LogP contribution is -2.20. The molecule has 0 aliphatic carbocycles. The van der Waals surface area contributed by atoms with Crippen molar-refractivity contribution in [1.82, 2.24) is 4.98 Å². The van der Waals surface area contributed by atoms with Gasteiger partial charge in [0.1, 0.15) is 11.6 Å². The molecule has 0 bridgehead atoms. The lowest BCUT2D eigenvalue weighted by molar-refractivity contribution is -0.118. The number of carbonyl (C=O) groups is 1. The fourth-order valence-electron chi connectivity index (χ4n) is 3.15. The number of para-hydroxylation sites is 1. The van der Waals surface area contributed by atoms with Crippen molar-refractivity contribution in [2.45, 2.75) is 13.8 Å². The van der Waals surface area contributed by atoms with Crippen LogP contribution >= 0.6 is 0 Å². The third kappa shape index (κ3) is 5.49. The first kappa shape index (κ1) is 21.1. The van der Waals surface area contributed by atoms with E-state index < -0.39 is 0 Å². The third-order valence-corrected chi connectivity index (χ3v) is 5.01. The number of hydrazone groups is 1. The summed E-state index contributed by atoms with van der Waals surface area (Å²) in [5.74, 6) is 1.04. The van der Waals surface area contributed by atoms with Crippen LogP contribution in [-0.2, 0) is 4.79 Å². The Bertz CT molecular complexity index is 1280. The van der Waals surface area contributed by atoms with Crippen molar-refractivity contribution in [1.29, 1.82) is 0 Å². The van der Waals surface area contributed by atoms with Crippen molar-refractivity contribution >= 4 is 34.5 Å². The summed E-state index contributed by atoms with van der Waals surface area (Å²) in [6, 6.07) is 25.0. The van der Waals surface area contributed by atoms with E-state index in [0.29, 0.717) is 11.6 Å². The Hall–Kier alpha value is -4.19. The molecule has 1 aromatic heterocycles. The minimum atomic E-state index is -0.212. The summed E-state index contributed by atoms with van der Waals surface area (Å²) < 4.78 is 5.64. The molecule has 4 rings (SSSR count). The highest BCUT2D eigenvalue weighted by atomic mass is 16.5. The Labute approximate surface area is 187 Å². The van der Waals surface area contributed by atoms with Gasteiger partial charge in [0.25, 0.3) is 5.91 Å². The highest BCUT2D eigenvalue weighted by molar-refractivity contribution is 5.92. The molecule has 1 amide bonds. The number of hydrogen-bond acceptors (Lipinski definition) is 5. The van der Waals surface area contributed by atoms with Crippen molar-refractivity contribution in [2.75, 3.05) is 17.3 Å². The van der Waals surface area contributed by atoms with Crippen LogP contribution in [0.2, 0.25) is 0 Å². The number of aromatic nitrogens is 1. The number of benzene rings is 3. The number of pyridine rings is 1. The number of ether oxygens (including phenoxy) is 1. The molecule has 3 aromatic carbocycles. The van der Waals surface area contributed by atoms with Crippen LogP contribution in [0.5, 0.6) is 5.75 Å². The largest absolute Gasteiger partial charge is 0.484 e. The average molecular weight is 425 g/mol. The summed E-state index contributed by atoms with van der Waals surface area (Å²) in [4.78, 5) is 16.7. The van der Waals surface area contributed by atoms with Gasteiger partial charge in [-0.3, -0.25) is 10.2 Å². The van der Waals surface area contributed by atoms with E-state index in [1.807, 2.05) is 86.6 Å². The number of aryl methyl sites for hydroxylation is 2. The minimum absolute atomic E-state index is 0.0766. The van der Waals surface area contributed by atoms with Crippen LogP contribution in [0.15, 0.2) is 84.0 Å². The van der Waals surface area contributed by atoms with Gasteiger partial charge in [-0.25, -0.2) is 4.98 Å². The van der Waals surface area contributed by atoms with E-state index >= 15 is 0 Å². The first-order chi connectivity index (χ1) is 15.6. The molecule has 0 unspecified atom stereocenters. The molecule has 0 aliphatic heterocycles. The van der Waals surface area contributed by atoms with E-state index in [9.17, 15) is 4.79 Å². The Balaban J connectivity index is 1.32. The summed E-state index contributed by atoms with van der Waals surface area (Å²) in [6.45, 7) is 3.97. The normalized spacial score (nSPS) is 10.9. The standard InChI is InChI=1S/C26H24N4O2/c1-18-10-12-22(14-19(18)2)28-26(31)17-32-23-8-5-6-20(15-23)16-27-30-25-13-11-21-7-3-4-9-24(21)29-25/h3-16H,17H2,1-2H3,(H,28,31)(H,29,30)/b27-16-. The van der Waals surface area contributed by atoms with Crippen LogP contribution in [-0.4, -0.2) is 23.7 Å². The minimum Gasteiger partial charge on any atom is -0.484 e. The number of hydrogen-bond donors (Lipinski definition) is 2. The first-order valence-corrected chi connectivity index (χ1v) is 10.3. The molecular formula is C26H24N4O2. The number of nitrogens with zero attached hydrogens (tertiary/aromatic N) is 2. The van der Waals surface area contributed by atoms with Gasteiger partial charge in [-0.2, -0.15) is 5.10 Å². The molecule has 1 heterocycles. The Morgan fingerprint density at radius 1 is 0.969 bits per heavy atom. The van der Waals surface area contributed by atoms with Gasteiger partial charge in [0.2, 0.25) is 0 Å². The maximum absolute atomic E-state index is 12.2. The van der Waals surface area contributed by atoms with Crippen molar-refractivity contribution < 1.29 is 9.53 Å². The quantitative estimate of drug-likeness (QED) is 0.311. The number of anilines is 2. The highest BCUT2D eigenvalue weighted by Crippen LogP contribution is 2.16. The van der Waals surface area contributed by atoms with E-state index in [1.54, 1.807) is 12.3 Å². The summed E-state index contributed by atoms with van der Waals surface area (Å²) in [7, 11) is 0. The van der Waals surface area contributed by atoms with Crippen LogP contribution in [0.3, 0.4) is 0 Å². The molecule has 160 valence electrons. The molecule has 4 aromatic rings. The molecule has 0 saturated carbocycles. The van der Waals surface area contributed by atoms with Gasteiger partial charge in [-0.15, -0.1) is 0 Å². The topological polar surface area (TPSA) is 75.6 Å². The number of rotatable bonds is 7. The fourth-order valence-corrected chi connectivity index (χ4v) is 3.15. The zero-order chi connectivity index (χ0) is 22.3. The van der Waals surface area contributed by atoms with Crippen molar-refractivity contribution in [2.24, 2.45) is 5.10 Å². The van der Waals surface area contributed by atoms with Crippen LogP contribution in [0, 0.1) is 13.8 Å². The lowest BCUT2D eigenvalue weighted by Gasteiger charge is -2.09. The lowest BCUT2D eigenvalue weighted by atomic mass is 10.1. The van der Waals surface area contributed by atoms with Gasteiger partial charge in [-0.1, -0.05) is 36.4 Å². The number of carbonyl (C=O) groups excluding carboxylic acids is 1. The first-order valence-electron chi connectivity index (χ1n) is 10.3. The molecule has 0 spiro atoms. The maximum atomic E-state index is 12.2. The zero-order valence-corrected chi connectivity index (χ0v) is 18.0. The van der Waals surface area contributed by atoms with Gasteiger partial charge in [-0.05, 0) is 73.0 Å². The van der Waals surface area contributed by atoms with E-state index in [-0.39, 0.29) is 12.5 Å². The maximum Gasteiger partial charge on any atom is 0.262 e. The monoisotopic (exact) mass is 424 g/mol. The summed E-state index contributed by atoms with van der Waals surface area (Å²) in [5.41, 5.74) is 7.76. The van der Waals surface area contributed by atoms with Crippen molar-refractivity contribution in [3.8, 4) is 5.75 Å². The second-order valence-corrected chi connectivity index (χ2v) is 7.47. The number of nitrogens with one attached hydrogen (secondary N) is 2. The van der Waals surface area contributed by atoms with Crippen LogP contribution in [0.4, 0.5) is 11.5 Å². The summed E-state index contributed by atoms with van der Waals surface area (Å²) >= 11 is 0. The average Bonchev–Trinajstić information content (AvgIpc) is 2.80. The smallest absolute Gasteiger partial charge is 0.262 e. The molecule has 0 atom stereocenters. The molecule has 0 aliphatic rings. The molecule has 6 nitrogen and oxygen atoms in total. The SMILES string of the molecule is Cc1ccc(NC(=O)COc2cccc(/C=N\Nc3ccc4ccccc4n3)c2)cc1C. The second-order valence-electron chi connectivity index (χ2n) is 7.47. The Morgan fingerprint density at radius 3 is 2.72 bits per heavy atom. The van der Waals surface area contributed by atoms with Gasteiger partial charge in [0.05, 0.1) is 11.7 Å². The second kappa shape index (κ2) is 9.75. The van der Waals surface area contributed by atoms with Crippen molar-refractivity contribution in [3.05, 3.63) is 95.6 Å². The van der Waals surface area contributed by atoms with Crippen molar-refractivity contribution in [3.63, 3.8) is 0 Å². The third-order valence-electron chi connectivity index (χ3n) is 5.01. The van der Waals surface area contributed by atoms with Crippen LogP contribution in [0.1, 0.15) is 16.7 Å².